The second kappa shape index (κ2) is 7.74. The molecule has 0 aliphatic carbocycles. The van der Waals surface area contributed by atoms with E-state index >= 15 is 0 Å². The van der Waals surface area contributed by atoms with Crippen LogP contribution < -0.4 is 5.32 Å². The summed E-state index contributed by atoms with van der Waals surface area (Å²) in [6.45, 7) is 9.05. The van der Waals surface area contributed by atoms with Crippen molar-refractivity contribution in [3.05, 3.63) is 75.1 Å². The van der Waals surface area contributed by atoms with Crippen molar-refractivity contribution in [2.24, 2.45) is 0 Å². The maximum absolute atomic E-state index is 11.7. The topological polar surface area (TPSA) is 85.8 Å². The molecule has 7 nitrogen and oxygen atoms in total. The molecule has 0 aliphatic rings. The van der Waals surface area contributed by atoms with Gasteiger partial charge in [0.05, 0.1) is 23.7 Å². The lowest BCUT2D eigenvalue weighted by molar-refractivity contribution is -0.385. The Hall–Kier alpha value is -3.40. The van der Waals surface area contributed by atoms with Gasteiger partial charge in [0, 0.05) is 23.9 Å². The van der Waals surface area contributed by atoms with Crippen LogP contribution in [0.25, 0.3) is 4.85 Å². The number of nitrogens with one attached hydrogen (secondary N) is 1. The van der Waals surface area contributed by atoms with E-state index in [-0.39, 0.29) is 24.4 Å². The van der Waals surface area contributed by atoms with Gasteiger partial charge in [0.25, 0.3) is 5.69 Å². The molecule has 0 saturated carbocycles. The molecule has 7 heteroatoms. The first-order valence-electron chi connectivity index (χ1n) is 7.21. The van der Waals surface area contributed by atoms with Gasteiger partial charge in [0.15, 0.2) is 5.69 Å². The standard InChI is InChI=1S/C17H15N3O4/c1-3-24-17(21)12-7-8-13(16(9-12)20(22)23)11-19-15-6-4-5-14(10-15)18-2/h4-10,19H,3,11H2,1H3. The summed E-state index contributed by atoms with van der Waals surface area (Å²) in [6, 6.07) is 11.1. The van der Waals surface area contributed by atoms with Crippen molar-refractivity contribution >= 4 is 23.0 Å². The summed E-state index contributed by atoms with van der Waals surface area (Å²) >= 11 is 0. The number of nitrogens with zero attached hydrogens (tertiary/aromatic N) is 2. The lowest BCUT2D eigenvalue weighted by Crippen LogP contribution is -2.08. The van der Waals surface area contributed by atoms with Gasteiger partial charge in [-0.2, -0.15) is 0 Å². The summed E-state index contributed by atoms with van der Waals surface area (Å²) in [5, 5.41) is 14.3. The van der Waals surface area contributed by atoms with Gasteiger partial charge in [0.1, 0.15) is 0 Å². The van der Waals surface area contributed by atoms with Crippen LogP contribution in [0.5, 0.6) is 0 Å². The van der Waals surface area contributed by atoms with Gasteiger partial charge in [-0.25, -0.2) is 9.64 Å². The van der Waals surface area contributed by atoms with E-state index in [4.69, 9.17) is 11.3 Å². The molecule has 0 atom stereocenters. The van der Waals surface area contributed by atoms with Crippen LogP contribution in [0.3, 0.4) is 0 Å². The van der Waals surface area contributed by atoms with Crippen LogP contribution in [0, 0.1) is 16.7 Å². The summed E-state index contributed by atoms with van der Waals surface area (Å²) in [5.41, 5.74) is 1.58. The van der Waals surface area contributed by atoms with Crippen LogP contribution in [0.15, 0.2) is 42.5 Å². The third-order valence-electron chi connectivity index (χ3n) is 3.25. The normalized spacial score (nSPS) is 9.83. The first kappa shape index (κ1) is 17.0. The van der Waals surface area contributed by atoms with Gasteiger partial charge in [-0.05, 0) is 31.2 Å². The van der Waals surface area contributed by atoms with Crippen LogP contribution >= 0.6 is 0 Å². The Kier molecular flexibility index (Phi) is 5.47. The number of benzene rings is 2. The van der Waals surface area contributed by atoms with Crippen molar-refractivity contribution in [2.45, 2.75) is 13.5 Å². The number of carbonyl (C=O) groups excluding carboxylic acids is 1. The van der Waals surface area contributed by atoms with Crippen molar-refractivity contribution in [1.82, 2.24) is 0 Å². The molecule has 0 radical (unpaired) electrons. The van der Waals surface area contributed by atoms with Gasteiger partial charge in [-0.1, -0.05) is 12.1 Å². The fraction of sp³-hybridized carbons (Fsp3) is 0.176. The summed E-state index contributed by atoms with van der Waals surface area (Å²) in [7, 11) is 0. The zero-order valence-corrected chi connectivity index (χ0v) is 13.0. The predicted molar refractivity (Wildman–Crippen MR) is 89.1 cm³/mol. The number of nitro groups is 1. The molecule has 0 amide bonds. The van der Waals surface area contributed by atoms with Gasteiger partial charge in [0.2, 0.25) is 0 Å². The number of nitro benzene ring substituents is 1. The Bertz CT molecular complexity index is 812. The number of carbonyl (C=O) groups is 1. The van der Waals surface area contributed by atoms with E-state index < -0.39 is 10.9 Å². The van der Waals surface area contributed by atoms with Crippen molar-refractivity contribution < 1.29 is 14.5 Å². The molecular weight excluding hydrogens is 310 g/mol. The minimum atomic E-state index is -0.593. The van der Waals surface area contributed by atoms with Crippen LogP contribution in [0.2, 0.25) is 0 Å². The molecule has 0 fully saturated rings. The maximum Gasteiger partial charge on any atom is 0.338 e. The molecule has 24 heavy (non-hydrogen) atoms. The summed E-state index contributed by atoms with van der Waals surface area (Å²) < 4.78 is 4.85. The molecule has 0 spiro atoms. The van der Waals surface area contributed by atoms with Crippen molar-refractivity contribution in [3.8, 4) is 0 Å². The number of anilines is 1. The van der Waals surface area contributed by atoms with E-state index in [9.17, 15) is 14.9 Å². The van der Waals surface area contributed by atoms with Gasteiger partial charge in [-0.15, -0.1) is 0 Å². The maximum atomic E-state index is 11.7. The SMILES string of the molecule is [C-]#[N+]c1cccc(NCc2ccc(C(=O)OCC)cc2[N+](=O)[O-])c1. The largest absolute Gasteiger partial charge is 0.462 e. The number of ether oxygens (including phenoxy) is 1. The lowest BCUT2D eigenvalue weighted by atomic mass is 10.1. The number of esters is 1. The van der Waals surface area contributed by atoms with E-state index in [1.165, 1.54) is 18.2 Å². The molecular formula is C17H15N3O4. The fourth-order valence-corrected chi connectivity index (χ4v) is 2.11. The first-order valence-corrected chi connectivity index (χ1v) is 7.21. The minimum Gasteiger partial charge on any atom is -0.462 e. The van der Waals surface area contributed by atoms with Crippen LogP contribution in [-0.2, 0) is 11.3 Å². The van der Waals surface area contributed by atoms with Gasteiger partial charge >= 0.3 is 5.97 Å². The minimum absolute atomic E-state index is 0.141. The monoisotopic (exact) mass is 325 g/mol. The third-order valence-corrected chi connectivity index (χ3v) is 3.25. The second-order valence-corrected chi connectivity index (χ2v) is 4.84. The molecule has 1 N–H and O–H groups in total. The van der Waals surface area contributed by atoms with E-state index in [1.54, 1.807) is 31.2 Å². The van der Waals surface area contributed by atoms with E-state index in [1.807, 2.05) is 0 Å². The molecule has 0 bridgehead atoms. The molecule has 122 valence electrons. The highest BCUT2D eigenvalue weighted by atomic mass is 16.6. The fourth-order valence-electron chi connectivity index (χ4n) is 2.11. The average Bonchev–Trinajstić information content (AvgIpc) is 2.60. The molecule has 0 unspecified atom stereocenters. The molecule has 2 aromatic rings. The molecule has 2 rings (SSSR count). The zero-order valence-electron chi connectivity index (χ0n) is 13.0. The molecule has 0 aliphatic heterocycles. The Morgan fingerprint density at radius 3 is 2.79 bits per heavy atom. The Morgan fingerprint density at radius 1 is 1.33 bits per heavy atom. The summed E-state index contributed by atoms with van der Waals surface area (Å²) in [6.07, 6.45) is 0. The molecule has 2 aromatic carbocycles. The Labute approximate surface area is 138 Å². The lowest BCUT2D eigenvalue weighted by Gasteiger charge is -2.09. The number of hydrogen-bond acceptors (Lipinski definition) is 5. The molecule has 0 saturated heterocycles. The molecule has 0 heterocycles. The first-order chi connectivity index (χ1) is 11.5. The zero-order chi connectivity index (χ0) is 17.5. The van der Waals surface area contributed by atoms with Crippen LogP contribution in [0.1, 0.15) is 22.8 Å². The number of rotatable bonds is 6. The summed E-state index contributed by atoms with van der Waals surface area (Å²) in [5.74, 6) is -0.593. The average molecular weight is 325 g/mol. The van der Waals surface area contributed by atoms with E-state index in [0.29, 0.717) is 16.9 Å². The van der Waals surface area contributed by atoms with Crippen molar-refractivity contribution in [1.29, 1.82) is 0 Å². The van der Waals surface area contributed by atoms with Gasteiger partial charge < -0.3 is 10.1 Å². The van der Waals surface area contributed by atoms with Crippen molar-refractivity contribution in [3.63, 3.8) is 0 Å². The van der Waals surface area contributed by atoms with Gasteiger partial charge in [-0.3, -0.25) is 10.1 Å². The summed E-state index contributed by atoms with van der Waals surface area (Å²) in [4.78, 5) is 25.7. The smallest absolute Gasteiger partial charge is 0.338 e. The Balaban J connectivity index is 2.21. The number of hydrogen-bond donors (Lipinski definition) is 1. The quantitative estimate of drug-likeness (QED) is 0.376. The highest BCUT2D eigenvalue weighted by Gasteiger charge is 2.18. The van der Waals surface area contributed by atoms with E-state index in [2.05, 4.69) is 10.2 Å². The van der Waals surface area contributed by atoms with Crippen LogP contribution in [-0.4, -0.2) is 17.5 Å². The third kappa shape index (κ3) is 4.08. The molecule has 0 aromatic heterocycles. The predicted octanol–water partition coefficient (Wildman–Crippen LogP) is 3.93. The highest BCUT2D eigenvalue weighted by Crippen LogP contribution is 2.23. The van der Waals surface area contributed by atoms with E-state index in [0.717, 1.165) is 0 Å². The highest BCUT2D eigenvalue weighted by molar-refractivity contribution is 5.90. The van der Waals surface area contributed by atoms with Crippen molar-refractivity contribution in [2.75, 3.05) is 11.9 Å². The Morgan fingerprint density at radius 2 is 2.12 bits per heavy atom. The van der Waals surface area contributed by atoms with Crippen LogP contribution in [0.4, 0.5) is 17.1 Å². The second-order valence-electron chi connectivity index (χ2n) is 4.84.